The quantitative estimate of drug-likeness (QED) is 0.358. The number of carbonyl (C=O) groups is 2. The molecule has 150 valence electrons. The zero-order valence-electron chi connectivity index (χ0n) is 14.7. The summed E-state index contributed by atoms with van der Waals surface area (Å²) < 4.78 is 38.0. The molecule has 3 N–H and O–H groups in total. The summed E-state index contributed by atoms with van der Waals surface area (Å²) in [5, 5.41) is 9.82. The third-order valence-corrected chi connectivity index (χ3v) is 4.77. The van der Waals surface area contributed by atoms with Gasteiger partial charge in [-0.3, -0.25) is 25.6 Å². The van der Waals surface area contributed by atoms with Crippen LogP contribution >= 0.6 is 0 Å². The van der Waals surface area contributed by atoms with Crippen molar-refractivity contribution in [3.63, 3.8) is 0 Å². The standard InChI is InChI=1S/C16H22F3N5O3/c1-10-3-2-4-11(10)7-12(8-24(27)9-25)14(26)22-23-15-20-6-5-13(21-15)16(17,18)19/h5-6,9-12,27H,2-4,7-8H2,1H3,(H,22,26)(H,20,21,23). The van der Waals surface area contributed by atoms with E-state index in [4.69, 9.17) is 0 Å². The number of hydrogen-bond donors (Lipinski definition) is 3. The van der Waals surface area contributed by atoms with Crippen LogP contribution in [0.2, 0.25) is 0 Å². The van der Waals surface area contributed by atoms with Gasteiger partial charge in [0.05, 0.1) is 12.5 Å². The van der Waals surface area contributed by atoms with Crippen molar-refractivity contribution in [3.8, 4) is 0 Å². The van der Waals surface area contributed by atoms with Crippen molar-refractivity contribution in [2.45, 2.75) is 38.8 Å². The van der Waals surface area contributed by atoms with Gasteiger partial charge < -0.3 is 0 Å². The van der Waals surface area contributed by atoms with Crippen molar-refractivity contribution in [1.82, 2.24) is 20.5 Å². The van der Waals surface area contributed by atoms with Crippen molar-refractivity contribution in [3.05, 3.63) is 18.0 Å². The predicted octanol–water partition coefficient (Wildman–Crippen LogP) is 2.23. The number of hydroxylamine groups is 2. The predicted molar refractivity (Wildman–Crippen MR) is 88.0 cm³/mol. The molecule has 1 aliphatic rings. The molecule has 0 bridgehead atoms. The number of alkyl halides is 3. The average molecular weight is 389 g/mol. The van der Waals surface area contributed by atoms with Crippen LogP contribution in [0.3, 0.4) is 0 Å². The molecule has 0 spiro atoms. The molecule has 0 aromatic carbocycles. The third-order valence-electron chi connectivity index (χ3n) is 4.77. The topological polar surface area (TPSA) is 107 Å². The molecule has 0 radical (unpaired) electrons. The van der Waals surface area contributed by atoms with Gasteiger partial charge in [0.25, 0.3) is 0 Å². The molecule has 2 amide bonds. The van der Waals surface area contributed by atoms with Crippen LogP contribution in [0.4, 0.5) is 19.1 Å². The van der Waals surface area contributed by atoms with Crippen LogP contribution in [0.5, 0.6) is 0 Å². The Hall–Kier alpha value is -2.43. The highest BCUT2D eigenvalue weighted by atomic mass is 19.4. The summed E-state index contributed by atoms with van der Waals surface area (Å²) in [6.45, 7) is 1.86. The molecule has 2 rings (SSSR count). The van der Waals surface area contributed by atoms with E-state index in [1.165, 1.54) is 0 Å². The van der Waals surface area contributed by atoms with Crippen LogP contribution in [-0.4, -0.2) is 39.1 Å². The molecular formula is C16H22F3N5O3. The molecule has 1 aromatic heterocycles. The van der Waals surface area contributed by atoms with Crippen molar-refractivity contribution in [1.29, 1.82) is 0 Å². The number of nitrogens with zero attached hydrogens (tertiary/aromatic N) is 3. The first-order valence-electron chi connectivity index (χ1n) is 8.57. The van der Waals surface area contributed by atoms with Gasteiger partial charge in [0.1, 0.15) is 5.69 Å². The number of anilines is 1. The van der Waals surface area contributed by atoms with Crippen LogP contribution in [0, 0.1) is 17.8 Å². The van der Waals surface area contributed by atoms with Crippen molar-refractivity contribution in [2.24, 2.45) is 17.8 Å². The Kier molecular flexibility index (Phi) is 6.94. The molecule has 11 heteroatoms. The van der Waals surface area contributed by atoms with Gasteiger partial charge in [0, 0.05) is 6.20 Å². The number of amides is 2. The minimum absolute atomic E-state index is 0.196. The molecule has 1 heterocycles. The van der Waals surface area contributed by atoms with Gasteiger partial charge in [0.2, 0.25) is 18.3 Å². The Morgan fingerprint density at radius 3 is 2.81 bits per heavy atom. The minimum Gasteiger partial charge on any atom is -0.286 e. The molecule has 0 aliphatic heterocycles. The lowest BCUT2D eigenvalue weighted by Gasteiger charge is -2.24. The summed E-state index contributed by atoms with van der Waals surface area (Å²) in [4.78, 5) is 30.0. The number of hydrazine groups is 1. The van der Waals surface area contributed by atoms with Gasteiger partial charge in [0.15, 0.2) is 0 Å². The molecule has 1 saturated carbocycles. The van der Waals surface area contributed by atoms with E-state index in [1.807, 2.05) is 0 Å². The second-order valence-corrected chi connectivity index (χ2v) is 6.71. The maximum Gasteiger partial charge on any atom is 0.433 e. The molecule has 1 aromatic rings. The summed E-state index contributed by atoms with van der Waals surface area (Å²) in [5.74, 6) is -1.03. The smallest absolute Gasteiger partial charge is 0.286 e. The molecule has 0 saturated heterocycles. The summed E-state index contributed by atoms with van der Waals surface area (Å²) in [6.07, 6.45) is -0.0268. The summed E-state index contributed by atoms with van der Waals surface area (Å²) in [7, 11) is 0. The maximum atomic E-state index is 12.7. The molecule has 1 fully saturated rings. The Morgan fingerprint density at radius 1 is 1.48 bits per heavy atom. The zero-order valence-corrected chi connectivity index (χ0v) is 14.7. The normalized spacial score (nSPS) is 20.8. The SMILES string of the molecule is CC1CCCC1CC(CN(O)C=O)C(=O)NNc1nccc(C(F)(F)F)n1. The van der Waals surface area contributed by atoms with E-state index in [-0.39, 0.29) is 18.9 Å². The Bertz CT molecular complexity index is 658. The highest BCUT2D eigenvalue weighted by molar-refractivity contribution is 5.80. The lowest BCUT2D eigenvalue weighted by atomic mass is 9.87. The number of halogens is 3. The van der Waals surface area contributed by atoms with Gasteiger partial charge in [-0.25, -0.2) is 15.0 Å². The monoisotopic (exact) mass is 389 g/mol. The van der Waals surface area contributed by atoms with E-state index in [0.29, 0.717) is 23.5 Å². The van der Waals surface area contributed by atoms with Gasteiger partial charge >= 0.3 is 6.18 Å². The molecular weight excluding hydrogens is 367 g/mol. The molecule has 3 atom stereocenters. The molecule has 27 heavy (non-hydrogen) atoms. The van der Waals surface area contributed by atoms with Gasteiger partial charge in [-0.2, -0.15) is 13.2 Å². The Morgan fingerprint density at radius 2 is 2.22 bits per heavy atom. The van der Waals surface area contributed by atoms with E-state index < -0.39 is 29.6 Å². The fourth-order valence-electron chi connectivity index (χ4n) is 3.27. The van der Waals surface area contributed by atoms with E-state index in [1.54, 1.807) is 0 Å². The summed E-state index contributed by atoms with van der Waals surface area (Å²) in [5.41, 5.74) is 3.37. The number of hydrogen-bond acceptors (Lipinski definition) is 6. The molecule has 8 nitrogen and oxygen atoms in total. The van der Waals surface area contributed by atoms with Gasteiger partial charge in [-0.15, -0.1) is 0 Å². The fraction of sp³-hybridized carbons (Fsp3) is 0.625. The first-order chi connectivity index (χ1) is 12.7. The molecule has 1 aliphatic carbocycles. The highest BCUT2D eigenvalue weighted by Crippen LogP contribution is 2.35. The maximum absolute atomic E-state index is 12.7. The van der Waals surface area contributed by atoms with Crippen LogP contribution < -0.4 is 10.9 Å². The second kappa shape index (κ2) is 8.98. The van der Waals surface area contributed by atoms with E-state index in [9.17, 15) is 28.0 Å². The van der Waals surface area contributed by atoms with Crippen LogP contribution in [0.15, 0.2) is 12.3 Å². The summed E-state index contributed by atoms with van der Waals surface area (Å²) >= 11 is 0. The largest absolute Gasteiger partial charge is 0.433 e. The number of aromatic nitrogens is 2. The van der Waals surface area contributed by atoms with Gasteiger partial charge in [-0.05, 0) is 24.3 Å². The summed E-state index contributed by atoms with van der Waals surface area (Å²) in [6, 6.07) is 0.713. The second-order valence-electron chi connectivity index (χ2n) is 6.71. The number of nitrogens with one attached hydrogen (secondary N) is 2. The lowest BCUT2D eigenvalue weighted by molar-refractivity contribution is -0.155. The Labute approximate surface area is 154 Å². The van der Waals surface area contributed by atoms with Crippen molar-refractivity contribution >= 4 is 18.3 Å². The molecule has 3 unspecified atom stereocenters. The lowest BCUT2D eigenvalue weighted by Crippen LogP contribution is -2.41. The van der Waals surface area contributed by atoms with E-state index in [0.717, 1.165) is 25.5 Å². The van der Waals surface area contributed by atoms with Crippen molar-refractivity contribution < 1.29 is 28.0 Å². The first-order valence-corrected chi connectivity index (χ1v) is 8.57. The first kappa shape index (κ1) is 20.9. The average Bonchev–Trinajstić information content (AvgIpc) is 3.03. The van der Waals surface area contributed by atoms with Crippen LogP contribution in [0.1, 0.15) is 38.3 Å². The third kappa shape index (κ3) is 6.05. The van der Waals surface area contributed by atoms with Crippen LogP contribution in [0.25, 0.3) is 0 Å². The fourth-order valence-corrected chi connectivity index (χ4v) is 3.27. The van der Waals surface area contributed by atoms with E-state index >= 15 is 0 Å². The van der Waals surface area contributed by atoms with E-state index in [2.05, 4.69) is 27.7 Å². The van der Waals surface area contributed by atoms with Crippen molar-refractivity contribution in [2.75, 3.05) is 12.0 Å². The Balaban J connectivity index is 2.01. The minimum atomic E-state index is -4.63. The van der Waals surface area contributed by atoms with Crippen LogP contribution in [-0.2, 0) is 15.8 Å². The number of rotatable bonds is 8. The zero-order chi connectivity index (χ0) is 20.0. The van der Waals surface area contributed by atoms with Gasteiger partial charge in [-0.1, -0.05) is 26.2 Å². The number of carbonyl (C=O) groups excluding carboxylic acids is 2. The highest BCUT2D eigenvalue weighted by Gasteiger charge is 2.33.